The Labute approximate surface area is 238 Å². The van der Waals surface area contributed by atoms with Crippen LogP contribution in [0.3, 0.4) is 0 Å². The number of anilines is 1. The summed E-state index contributed by atoms with van der Waals surface area (Å²) in [6, 6.07) is 3.60. The van der Waals surface area contributed by atoms with Crippen LogP contribution in [-0.2, 0) is 47.7 Å². The van der Waals surface area contributed by atoms with Gasteiger partial charge in [-0.25, -0.2) is 0 Å². The standard InChI is InChI=1S/C24H28N6O10S/c1-12(31)30-23(40-19(29-30)10-26-24-28-27-22(41-24)17-7-6-8-25-9-17)21(39-16(5)35)20(38-15(4)34)18(37-14(3)33)11-36-13(2)32/h6-9,18,20-21,23H,10-11H2,1-5H3,(H,26,28)/t18-,20+,21-,23?/m1/s1. The Kier molecular flexibility index (Phi) is 10.6. The summed E-state index contributed by atoms with van der Waals surface area (Å²) in [5.41, 5.74) is 0.771. The van der Waals surface area contributed by atoms with Crippen LogP contribution in [0.4, 0.5) is 5.13 Å². The molecule has 220 valence electrons. The summed E-state index contributed by atoms with van der Waals surface area (Å²) in [5.74, 6) is -3.82. The number of esters is 4. The van der Waals surface area contributed by atoms with Crippen molar-refractivity contribution in [2.45, 2.75) is 59.2 Å². The zero-order valence-corrected chi connectivity index (χ0v) is 23.6. The van der Waals surface area contributed by atoms with Crippen LogP contribution in [0.2, 0.25) is 0 Å². The van der Waals surface area contributed by atoms with Crippen LogP contribution in [0.1, 0.15) is 34.6 Å². The van der Waals surface area contributed by atoms with Gasteiger partial charge in [0, 0.05) is 52.6 Å². The van der Waals surface area contributed by atoms with E-state index in [0.29, 0.717) is 10.1 Å². The van der Waals surface area contributed by atoms with E-state index in [9.17, 15) is 24.0 Å². The number of rotatable bonds is 12. The fourth-order valence-corrected chi connectivity index (χ4v) is 4.34. The van der Waals surface area contributed by atoms with Gasteiger partial charge < -0.3 is 29.0 Å². The van der Waals surface area contributed by atoms with Crippen molar-refractivity contribution in [3.8, 4) is 10.6 Å². The van der Waals surface area contributed by atoms with Gasteiger partial charge in [0.05, 0.1) is 6.54 Å². The van der Waals surface area contributed by atoms with Gasteiger partial charge in [0.15, 0.2) is 23.3 Å². The second-order valence-electron chi connectivity index (χ2n) is 8.47. The smallest absolute Gasteiger partial charge is 0.303 e. The highest BCUT2D eigenvalue weighted by molar-refractivity contribution is 7.18. The number of amides is 1. The first-order valence-corrected chi connectivity index (χ1v) is 12.9. The number of ether oxygens (including phenoxy) is 5. The minimum Gasteiger partial charge on any atom is -0.462 e. The number of hydrazone groups is 1. The second kappa shape index (κ2) is 14.1. The Hall–Kier alpha value is -4.67. The Bertz CT molecular complexity index is 1300. The van der Waals surface area contributed by atoms with Gasteiger partial charge in [-0.15, -0.1) is 15.3 Å². The lowest BCUT2D eigenvalue weighted by Crippen LogP contribution is -2.56. The van der Waals surface area contributed by atoms with Gasteiger partial charge in [-0.1, -0.05) is 11.3 Å². The van der Waals surface area contributed by atoms with Crippen molar-refractivity contribution in [1.82, 2.24) is 20.2 Å². The van der Waals surface area contributed by atoms with Crippen LogP contribution in [0.25, 0.3) is 10.6 Å². The van der Waals surface area contributed by atoms with Crippen LogP contribution in [-0.4, -0.2) is 93.6 Å². The van der Waals surface area contributed by atoms with Gasteiger partial charge in [0.1, 0.15) is 6.61 Å². The molecule has 0 saturated carbocycles. The van der Waals surface area contributed by atoms with Crippen LogP contribution in [0, 0.1) is 0 Å². The lowest BCUT2D eigenvalue weighted by atomic mass is 10.1. The second-order valence-corrected chi connectivity index (χ2v) is 9.45. The molecule has 2 aromatic rings. The van der Waals surface area contributed by atoms with Gasteiger partial charge in [-0.3, -0.25) is 29.0 Å². The largest absolute Gasteiger partial charge is 0.462 e. The zero-order valence-electron chi connectivity index (χ0n) is 22.8. The molecule has 0 saturated heterocycles. The van der Waals surface area contributed by atoms with E-state index in [0.717, 1.165) is 38.3 Å². The van der Waals surface area contributed by atoms with E-state index in [1.54, 1.807) is 18.5 Å². The quantitative estimate of drug-likeness (QED) is 0.269. The van der Waals surface area contributed by atoms with E-state index in [2.05, 4.69) is 25.6 Å². The highest BCUT2D eigenvalue weighted by Gasteiger charge is 2.49. The van der Waals surface area contributed by atoms with Crippen molar-refractivity contribution in [1.29, 1.82) is 0 Å². The molecule has 3 heterocycles. The first-order chi connectivity index (χ1) is 19.4. The molecule has 4 atom stereocenters. The maximum atomic E-state index is 12.5. The lowest BCUT2D eigenvalue weighted by Gasteiger charge is -2.35. The highest BCUT2D eigenvalue weighted by atomic mass is 32.1. The molecule has 0 spiro atoms. The highest BCUT2D eigenvalue weighted by Crippen LogP contribution is 2.28. The molecule has 1 amide bonds. The molecule has 0 aliphatic carbocycles. The third kappa shape index (κ3) is 8.92. The van der Waals surface area contributed by atoms with Crippen molar-refractivity contribution in [2.75, 3.05) is 18.5 Å². The van der Waals surface area contributed by atoms with E-state index >= 15 is 0 Å². The van der Waals surface area contributed by atoms with E-state index in [1.807, 2.05) is 6.07 Å². The molecule has 0 fully saturated rings. The molecular weight excluding hydrogens is 564 g/mol. The lowest BCUT2D eigenvalue weighted by molar-refractivity contribution is -0.205. The monoisotopic (exact) mass is 592 g/mol. The van der Waals surface area contributed by atoms with Crippen molar-refractivity contribution >= 4 is 52.2 Å². The number of hydrogen-bond acceptors (Lipinski definition) is 16. The molecule has 0 radical (unpaired) electrons. The number of carbonyl (C=O) groups excluding carboxylic acids is 5. The van der Waals surface area contributed by atoms with Crippen LogP contribution in [0.15, 0.2) is 29.6 Å². The summed E-state index contributed by atoms with van der Waals surface area (Å²) in [5, 5.41) is 17.3. The molecule has 41 heavy (non-hydrogen) atoms. The molecule has 2 aromatic heterocycles. The molecule has 0 bridgehead atoms. The maximum Gasteiger partial charge on any atom is 0.303 e. The molecule has 3 rings (SSSR count). The number of nitrogens with zero attached hydrogens (tertiary/aromatic N) is 5. The third-order valence-corrected chi connectivity index (χ3v) is 6.04. The number of pyridine rings is 1. The van der Waals surface area contributed by atoms with Crippen molar-refractivity contribution in [3.05, 3.63) is 24.5 Å². The SMILES string of the molecule is CC(=O)OC[C@@H](OC(C)=O)[C@H](OC(C)=O)[C@@H](OC(C)=O)C1OC(CNc2nnc(-c3cccnc3)s2)=NN1C(C)=O. The van der Waals surface area contributed by atoms with E-state index < -0.39 is 60.9 Å². The first-order valence-electron chi connectivity index (χ1n) is 12.1. The van der Waals surface area contributed by atoms with Gasteiger partial charge in [0.25, 0.3) is 0 Å². The average molecular weight is 593 g/mol. The summed E-state index contributed by atoms with van der Waals surface area (Å²) in [6.07, 6.45) is -2.75. The molecule has 1 aliphatic heterocycles. The fraction of sp³-hybridized carbons (Fsp3) is 0.458. The molecule has 1 N–H and O–H groups in total. The molecule has 16 nitrogen and oxygen atoms in total. The first kappa shape index (κ1) is 30.9. The van der Waals surface area contributed by atoms with Crippen LogP contribution < -0.4 is 5.32 Å². The van der Waals surface area contributed by atoms with Gasteiger partial charge in [-0.05, 0) is 12.1 Å². The Morgan fingerprint density at radius 2 is 1.71 bits per heavy atom. The molecule has 0 aromatic carbocycles. The third-order valence-electron chi connectivity index (χ3n) is 5.11. The Morgan fingerprint density at radius 3 is 2.29 bits per heavy atom. The normalized spacial score (nSPS) is 16.4. The summed E-state index contributed by atoms with van der Waals surface area (Å²) >= 11 is 1.24. The molecule has 1 aliphatic rings. The van der Waals surface area contributed by atoms with Gasteiger partial charge in [0.2, 0.25) is 23.2 Å². The number of hydrogen-bond donors (Lipinski definition) is 1. The van der Waals surface area contributed by atoms with E-state index in [-0.39, 0.29) is 12.4 Å². The minimum atomic E-state index is -1.57. The van der Waals surface area contributed by atoms with E-state index in [1.165, 1.54) is 18.3 Å². The Morgan fingerprint density at radius 1 is 1.00 bits per heavy atom. The summed E-state index contributed by atoms with van der Waals surface area (Å²) < 4.78 is 26.9. The molecular formula is C24H28N6O10S. The number of carbonyl (C=O) groups is 5. The van der Waals surface area contributed by atoms with Crippen molar-refractivity contribution in [3.63, 3.8) is 0 Å². The van der Waals surface area contributed by atoms with Crippen molar-refractivity contribution in [2.24, 2.45) is 5.10 Å². The molecule has 17 heteroatoms. The van der Waals surface area contributed by atoms with Crippen LogP contribution >= 0.6 is 11.3 Å². The Balaban J connectivity index is 1.85. The van der Waals surface area contributed by atoms with Gasteiger partial charge >= 0.3 is 23.9 Å². The van der Waals surface area contributed by atoms with Gasteiger partial charge in [-0.2, -0.15) is 5.01 Å². The predicted octanol–water partition coefficient (Wildman–Crippen LogP) is 0.889. The van der Waals surface area contributed by atoms with Crippen molar-refractivity contribution < 1.29 is 47.7 Å². The maximum absolute atomic E-state index is 12.5. The minimum absolute atomic E-state index is 0.00826. The van der Waals surface area contributed by atoms with E-state index in [4.69, 9.17) is 23.7 Å². The summed E-state index contributed by atoms with van der Waals surface area (Å²) in [7, 11) is 0. The number of aromatic nitrogens is 3. The molecule has 1 unspecified atom stereocenters. The number of nitrogens with one attached hydrogen (secondary N) is 1. The van der Waals surface area contributed by atoms with Crippen LogP contribution in [0.5, 0.6) is 0 Å². The average Bonchev–Trinajstić information content (AvgIpc) is 3.55. The summed E-state index contributed by atoms with van der Waals surface area (Å²) in [4.78, 5) is 64.0. The predicted molar refractivity (Wildman–Crippen MR) is 140 cm³/mol. The topological polar surface area (TPSA) is 198 Å². The fourth-order valence-electron chi connectivity index (χ4n) is 3.61. The summed E-state index contributed by atoms with van der Waals surface area (Å²) in [6.45, 7) is 4.93. The zero-order chi connectivity index (χ0) is 30.1.